The molecule has 1 aromatic heterocycles. The normalized spacial score (nSPS) is 11.2. The van der Waals surface area contributed by atoms with Crippen molar-refractivity contribution in [1.29, 1.82) is 0 Å². The number of carbonyl (C=O) groups is 1. The molecule has 8 heteroatoms. The van der Waals surface area contributed by atoms with Gasteiger partial charge in [0.1, 0.15) is 0 Å². The van der Waals surface area contributed by atoms with Crippen molar-refractivity contribution in [3.05, 3.63) is 50.8 Å². The maximum absolute atomic E-state index is 13.1. The molecule has 2 rings (SSSR count). The smallest absolute Gasteiger partial charge is 0.268 e. The molecule has 0 spiro atoms. The third kappa shape index (κ3) is 5.16. The largest absolute Gasteiger partial charge is 0.493 e. The Morgan fingerprint density at radius 3 is 2.54 bits per heavy atom. The van der Waals surface area contributed by atoms with Crippen LogP contribution in [0.15, 0.2) is 34.2 Å². The molecule has 0 amide bonds. The highest BCUT2D eigenvalue weighted by atomic mass is 35.5. The van der Waals surface area contributed by atoms with Crippen LogP contribution < -0.4 is 5.56 Å². The van der Waals surface area contributed by atoms with Crippen LogP contribution in [0.3, 0.4) is 0 Å². The number of hydrogen-bond acceptors (Lipinski definition) is 6. The molecule has 0 aliphatic heterocycles. The van der Waals surface area contributed by atoms with Gasteiger partial charge in [0.25, 0.3) is 11.5 Å². The van der Waals surface area contributed by atoms with E-state index in [1.807, 2.05) is 6.92 Å². The number of hydrogen-bond donors (Lipinski definition) is 1. The molecule has 0 aliphatic carbocycles. The average molecular weight is 424 g/mol. The van der Waals surface area contributed by atoms with Crippen LogP contribution >= 0.6 is 23.4 Å². The van der Waals surface area contributed by atoms with Gasteiger partial charge in [0.2, 0.25) is 5.88 Å². The summed E-state index contributed by atoms with van der Waals surface area (Å²) >= 11 is 7.45. The maximum atomic E-state index is 13.1. The molecule has 0 aliphatic rings. The van der Waals surface area contributed by atoms with Gasteiger partial charge in [-0.15, -0.1) is 0 Å². The van der Waals surface area contributed by atoms with Gasteiger partial charge < -0.3 is 10.0 Å². The van der Waals surface area contributed by atoms with Gasteiger partial charge in [-0.1, -0.05) is 62.7 Å². The second kappa shape index (κ2) is 10.6. The molecular formula is C20H26ClN3O3S. The van der Waals surface area contributed by atoms with E-state index in [0.29, 0.717) is 18.6 Å². The topological polar surface area (TPSA) is 75.4 Å². The Bertz CT molecular complexity index is 881. The minimum absolute atomic E-state index is 0.149. The van der Waals surface area contributed by atoms with Crippen molar-refractivity contribution in [2.45, 2.75) is 38.8 Å². The minimum atomic E-state index is -0.537. The van der Waals surface area contributed by atoms with Crippen molar-refractivity contribution in [3.8, 4) is 5.88 Å². The van der Waals surface area contributed by atoms with Gasteiger partial charge in [0.15, 0.2) is 5.16 Å². The van der Waals surface area contributed by atoms with Crippen molar-refractivity contribution in [1.82, 2.24) is 14.5 Å². The van der Waals surface area contributed by atoms with Crippen LogP contribution in [0.2, 0.25) is 5.02 Å². The standard InChI is InChI=1S/C20H26ClN3O3S/c1-4-9-15-17(25)22-20(28-13-12-23(5-2)6-3)24(19(15)27)18(26)14-10-7-8-11-16(14)21/h7-8,10-11,25H,4-6,9,12-13H2,1-3H3. The Balaban J connectivity index is 2.47. The Morgan fingerprint density at radius 2 is 1.93 bits per heavy atom. The van der Waals surface area contributed by atoms with Gasteiger partial charge >= 0.3 is 0 Å². The number of nitrogens with zero attached hydrogens (tertiary/aromatic N) is 3. The molecule has 28 heavy (non-hydrogen) atoms. The first kappa shape index (κ1) is 22.5. The van der Waals surface area contributed by atoms with E-state index in [9.17, 15) is 14.7 Å². The Hall–Kier alpha value is -1.83. The zero-order chi connectivity index (χ0) is 20.7. The number of aromatic nitrogens is 2. The number of aromatic hydroxyl groups is 1. The molecule has 152 valence electrons. The molecule has 0 saturated carbocycles. The molecule has 2 aromatic rings. The second-order valence-corrected chi connectivity index (χ2v) is 7.72. The quantitative estimate of drug-likeness (QED) is 0.489. The van der Waals surface area contributed by atoms with Crippen LogP contribution in [0.4, 0.5) is 0 Å². The molecule has 1 aromatic carbocycles. The number of benzene rings is 1. The fraction of sp³-hybridized carbons (Fsp3) is 0.450. The predicted molar refractivity (Wildman–Crippen MR) is 114 cm³/mol. The molecule has 1 heterocycles. The lowest BCUT2D eigenvalue weighted by molar-refractivity contribution is 0.0942. The van der Waals surface area contributed by atoms with Crippen molar-refractivity contribution in [3.63, 3.8) is 0 Å². The zero-order valence-electron chi connectivity index (χ0n) is 16.4. The summed E-state index contributed by atoms with van der Waals surface area (Å²) in [5.74, 6) is -0.206. The summed E-state index contributed by atoms with van der Waals surface area (Å²) in [6, 6.07) is 6.60. The summed E-state index contributed by atoms with van der Waals surface area (Å²) in [7, 11) is 0. The van der Waals surface area contributed by atoms with Crippen LogP contribution in [0.25, 0.3) is 0 Å². The lowest BCUT2D eigenvalue weighted by Crippen LogP contribution is -2.33. The molecule has 0 fully saturated rings. The summed E-state index contributed by atoms with van der Waals surface area (Å²) in [4.78, 5) is 32.5. The first-order valence-electron chi connectivity index (χ1n) is 9.43. The molecule has 0 saturated heterocycles. The van der Waals surface area contributed by atoms with Gasteiger partial charge in [-0.05, 0) is 31.6 Å². The van der Waals surface area contributed by atoms with Crippen LogP contribution in [-0.4, -0.2) is 50.9 Å². The van der Waals surface area contributed by atoms with Gasteiger partial charge in [0.05, 0.1) is 16.1 Å². The van der Waals surface area contributed by atoms with Crippen LogP contribution in [-0.2, 0) is 6.42 Å². The van der Waals surface area contributed by atoms with E-state index in [-0.39, 0.29) is 27.2 Å². The van der Waals surface area contributed by atoms with E-state index in [1.54, 1.807) is 24.3 Å². The van der Waals surface area contributed by atoms with Crippen molar-refractivity contribution < 1.29 is 9.90 Å². The SMILES string of the molecule is CCCc1c(O)nc(SCCN(CC)CC)n(C(=O)c2ccccc2Cl)c1=O. The van der Waals surface area contributed by atoms with Crippen molar-refractivity contribution >= 4 is 29.3 Å². The van der Waals surface area contributed by atoms with Gasteiger partial charge in [0, 0.05) is 12.3 Å². The lowest BCUT2D eigenvalue weighted by Gasteiger charge is -2.18. The van der Waals surface area contributed by atoms with E-state index in [4.69, 9.17) is 11.6 Å². The van der Waals surface area contributed by atoms with E-state index >= 15 is 0 Å². The number of halogens is 1. The maximum Gasteiger partial charge on any atom is 0.268 e. The molecule has 6 nitrogen and oxygen atoms in total. The van der Waals surface area contributed by atoms with E-state index in [0.717, 1.165) is 24.2 Å². The van der Waals surface area contributed by atoms with Gasteiger partial charge in [-0.25, -0.2) is 4.57 Å². The summed E-state index contributed by atoms with van der Waals surface area (Å²) in [6.45, 7) is 8.66. The third-order valence-electron chi connectivity index (χ3n) is 4.46. The Morgan fingerprint density at radius 1 is 1.25 bits per heavy atom. The highest BCUT2D eigenvalue weighted by Crippen LogP contribution is 2.23. The number of rotatable bonds is 9. The molecular weight excluding hydrogens is 398 g/mol. The first-order chi connectivity index (χ1) is 13.4. The first-order valence-corrected chi connectivity index (χ1v) is 10.8. The fourth-order valence-corrected chi connectivity index (χ4v) is 4.03. The number of thioether (sulfide) groups is 1. The van der Waals surface area contributed by atoms with Gasteiger partial charge in [-0.3, -0.25) is 9.59 Å². The fourth-order valence-electron chi connectivity index (χ4n) is 2.83. The molecule has 0 bridgehead atoms. The minimum Gasteiger partial charge on any atom is -0.493 e. The van der Waals surface area contributed by atoms with Crippen LogP contribution in [0.1, 0.15) is 43.1 Å². The molecule has 0 atom stereocenters. The Labute approximate surface area is 174 Å². The zero-order valence-corrected chi connectivity index (χ0v) is 18.0. The van der Waals surface area contributed by atoms with E-state index in [2.05, 4.69) is 23.7 Å². The van der Waals surface area contributed by atoms with Gasteiger partial charge in [-0.2, -0.15) is 4.98 Å². The lowest BCUT2D eigenvalue weighted by atomic mass is 10.1. The third-order valence-corrected chi connectivity index (χ3v) is 5.71. The van der Waals surface area contributed by atoms with E-state index < -0.39 is 11.5 Å². The van der Waals surface area contributed by atoms with Crippen LogP contribution in [0, 0.1) is 0 Å². The van der Waals surface area contributed by atoms with Crippen molar-refractivity contribution in [2.24, 2.45) is 0 Å². The summed E-state index contributed by atoms with van der Waals surface area (Å²) < 4.78 is 1.04. The summed E-state index contributed by atoms with van der Waals surface area (Å²) in [5.41, 5.74) is -0.160. The van der Waals surface area contributed by atoms with Crippen molar-refractivity contribution in [2.75, 3.05) is 25.4 Å². The second-order valence-electron chi connectivity index (χ2n) is 6.25. The predicted octanol–water partition coefficient (Wildman–Crippen LogP) is 3.68. The molecule has 1 N–H and O–H groups in total. The average Bonchev–Trinajstić information content (AvgIpc) is 2.68. The molecule has 0 radical (unpaired) electrons. The number of carbonyl (C=O) groups excluding carboxylic acids is 1. The summed E-state index contributed by atoms with van der Waals surface area (Å²) in [5, 5.41) is 10.7. The highest BCUT2D eigenvalue weighted by Gasteiger charge is 2.23. The molecule has 0 unspecified atom stereocenters. The Kier molecular flexibility index (Phi) is 8.54. The highest BCUT2D eigenvalue weighted by molar-refractivity contribution is 7.99. The summed E-state index contributed by atoms with van der Waals surface area (Å²) in [6.07, 6.45) is 0.997. The van der Waals surface area contributed by atoms with Crippen LogP contribution in [0.5, 0.6) is 5.88 Å². The monoisotopic (exact) mass is 423 g/mol. The van der Waals surface area contributed by atoms with E-state index in [1.165, 1.54) is 11.8 Å².